The average molecular weight is 679 g/mol. The fourth-order valence-corrected chi connectivity index (χ4v) is 9.21. The Morgan fingerprint density at radius 2 is 2.06 bits per heavy atom. The molecule has 11 nitrogen and oxygen atoms in total. The van der Waals surface area contributed by atoms with Crippen LogP contribution in [0.15, 0.2) is 18.5 Å². The van der Waals surface area contributed by atoms with Crippen LogP contribution in [0.1, 0.15) is 63.4 Å². The van der Waals surface area contributed by atoms with E-state index in [9.17, 15) is 9.18 Å². The van der Waals surface area contributed by atoms with Gasteiger partial charge in [0.2, 0.25) is 0 Å². The molecule has 48 heavy (non-hydrogen) atoms. The number of carbonyl (C=O) groups is 1. The number of piperidine rings is 1. The first-order chi connectivity index (χ1) is 23.2. The normalized spacial score (nSPS) is 30.2. The van der Waals surface area contributed by atoms with Crippen LogP contribution in [0.25, 0.3) is 33.1 Å². The van der Waals surface area contributed by atoms with Gasteiger partial charge in [0.25, 0.3) is 0 Å². The molecule has 1 aliphatic carbocycles. The summed E-state index contributed by atoms with van der Waals surface area (Å²) < 4.78 is 43.8. The lowest BCUT2D eigenvalue weighted by atomic mass is 9.91. The largest absolute Gasteiger partial charge is 0.461 e. The molecule has 3 aromatic heterocycles. The summed E-state index contributed by atoms with van der Waals surface area (Å²) in [5, 5.41) is 11.9. The Hall–Kier alpha value is -3.84. The minimum atomic E-state index is -0.910. The number of alkyl halides is 1. The van der Waals surface area contributed by atoms with Gasteiger partial charge in [-0.15, -0.1) is 0 Å². The monoisotopic (exact) mass is 678 g/mol. The zero-order chi connectivity index (χ0) is 32.8. The molecular formula is C34H37ClF2N8O3. The number of carbonyl (C=O) groups excluding carboxylic acids is 1. The van der Waals surface area contributed by atoms with Gasteiger partial charge < -0.3 is 19.7 Å². The third-order valence-corrected chi connectivity index (χ3v) is 11.6. The molecule has 252 valence electrons. The molecule has 2 N–H and O–H groups in total. The summed E-state index contributed by atoms with van der Waals surface area (Å²) in [6.45, 7) is 4.72. The number of fused-ring (bicyclic) bond motifs is 7. The molecule has 10 rings (SSSR count). The van der Waals surface area contributed by atoms with Gasteiger partial charge in [0.1, 0.15) is 29.8 Å². The maximum atomic E-state index is 17.2. The number of hydrogen-bond acceptors (Lipinski definition) is 9. The molecule has 1 amide bonds. The molecule has 6 aliphatic rings. The van der Waals surface area contributed by atoms with Crippen LogP contribution >= 0.6 is 11.6 Å². The van der Waals surface area contributed by atoms with Gasteiger partial charge in [0, 0.05) is 48.2 Å². The van der Waals surface area contributed by atoms with Gasteiger partial charge in [-0.1, -0.05) is 11.6 Å². The number of rotatable bonds is 3. The van der Waals surface area contributed by atoms with Crippen LogP contribution in [-0.4, -0.2) is 92.8 Å². The number of alkyl carbamates (subject to hydrolysis) is 1. The standard InChI is InChI=1S/C34H37ClF2N8O3/c1-33-5-2-7-44(16-33)30-22-13-38-29(27(37)28(22)40-31(41-30)48-17-34-6-3-8-45(34)15-19(36)12-34)26-21-14-39-43-24(21)11-23(35)25(26)20-10-18(20)4-9-47-32(46)42-33/h11,13-14,18-20H,2-10,12,15-17H2,1H3,(H,39,43)(H,42,46)/t18-,19+,20+,33+,34-/m0/s1. The molecule has 4 aromatic rings. The van der Waals surface area contributed by atoms with Gasteiger partial charge in [0.05, 0.1) is 34.8 Å². The molecule has 0 radical (unpaired) electrons. The van der Waals surface area contributed by atoms with Crippen molar-refractivity contribution in [3.63, 3.8) is 0 Å². The van der Waals surface area contributed by atoms with Crippen molar-refractivity contribution >= 4 is 45.3 Å². The molecule has 6 bridgehead atoms. The minimum Gasteiger partial charge on any atom is -0.461 e. The van der Waals surface area contributed by atoms with Crippen LogP contribution in [0.3, 0.4) is 0 Å². The number of H-pyrrole nitrogens is 1. The molecule has 1 saturated carbocycles. The fraction of sp³-hybridized carbons (Fsp3) is 0.559. The second-order valence-corrected chi connectivity index (χ2v) is 15.0. The Morgan fingerprint density at radius 3 is 2.96 bits per heavy atom. The van der Waals surface area contributed by atoms with Gasteiger partial charge in [-0.25, -0.2) is 13.6 Å². The van der Waals surface area contributed by atoms with Crippen molar-refractivity contribution in [1.82, 2.24) is 35.4 Å². The lowest BCUT2D eigenvalue weighted by molar-refractivity contribution is 0.107. The van der Waals surface area contributed by atoms with E-state index in [-0.39, 0.29) is 42.3 Å². The summed E-state index contributed by atoms with van der Waals surface area (Å²) in [5.41, 5.74) is 1.22. The van der Waals surface area contributed by atoms with E-state index in [0.29, 0.717) is 65.2 Å². The lowest BCUT2D eigenvalue weighted by Crippen LogP contribution is -2.57. The number of hydrogen-bond donors (Lipinski definition) is 2. The second kappa shape index (κ2) is 11.1. The quantitative estimate of drug-likeness (QED) is 0.273. The zero-order valence-electron chi connectivity index (χ0n) is 26.7. The van der Waals surface area contributed by atoms with Crippen molar-refractivity contribution in [2.75, 3.05) is 44.3 Å². The van der Waals surface area contributed by atoms with Gasteiger partial charge in [-0.3, -0.25) is 15.0 Å². The lowest BCUT2D eigenvalue weighted by Gasteiger charge is -2.41. The summed E-state index contributed by atoms with van der Waals surface area (Å²) in [5.74, 6) is 0.112. The van der Waals surface area contributed by atoms with Crippen molar-refractivity contribution in [3.05, 3.63) is 34.9 Å². The van der Waals surface area contributed by atoms with Crippen molar-refractivity contribution in [2.24, 2.45) is 5.92 Å². The van der Waals surface area contributed by atoms with Crippen molar-refractivity contribution < 1.29 is 23.0 Å². The topological polar surface area (TPSA) is 121 Å². The molecule has 3 saturated heterocycles. The number of pyridine rings is 1. The Bertz CT molecular complexity index is 1960. The number of nitrogens with one attached hydrogen (secondary N) is 2. The summed E-state index contributed by atoms with van der Waals surface area (Å²) in [6, 6.07) is 1.84. The van der Waals surface area contributed by atoms with Gasteiger partial charge in [0.15, 0.2) is 5.82 Å². The maximum absolute atomic E-state index is 17.2. The van der Waals surface area contributed by atoms with E-state index in [2.05, 4.69) is 25.4 Å². The number of aromatic nitrogens is 5. The van der Waals surface area contributed by atoms with Gasteiger partial charge >= 0.3 is 12.1 Å². The molecule has 1 aromatic carbocycles. The number of ether oxygens (including phenoxy) is 2. The highest BCUT2D eigenvalue weighted by Gasteiger charge is 2.49. The minimum absolute atomic E-state index is 0.0247. The zero-order valence-corrected chi connectivity index (χ0v) is 27.5. The predicted molar refractivity (Wildman–Crippen MR) is 176 cm³/mol. The van der Waals surface area contributed by atoms with Crippen molar-refractivity contribution in [1.29, 1.82) is 0 Å². The average Bonchev–Trinajstić information content (AvgIpc) is 3.31. The number of aromatic amines is 1. The molecule has 14 heteroatoms. The van der Waals surface area contributed by atoms with E-state index < -0.39 is 29.2 Å². The Kier molecular flexibility index (Phi) is 6.99. The van der Waals surface area contributed by atoms with Crippen molar-refractivity contribution in [3.8, 4) is 17.3 Å². The van der Waals surface area contributed by atoms with Crippen LogP contribution in [-0.2, 0) is 4.74 Å². The predicted octanol–water partition coefficient (Wildman–Crippen LogP) is 5.91. The molecule has 5 aliphatic heterocycles. The van der Waals surface area contributed by atoms with Gasteiger partial charge in [-0.05, 0) is 75.5 Å². The van der Waals surface area contributed by atoms with Crippen LogP contribution in [0.4, 0.5) is 19.4 Å². The van der Waals surface area contributed by atoms with E-state index in [1.165, 1.54) is 0 Å². The number of halogens is 3. The fourth-order valence-electron chi connectivity index (χ4n) is 8.87. The molecule has 0 spiro atoms. The van der Waals surface area contributed by atoms with E-state index in [1.807, 2.05) is 17.9 Å². The molecule has 0 unspecified atom stereocenters. The number of benzene rings is 1. The highest BCUT2D eigenvalue weighted by molar-refractivity contribution is 6.33. The Labute approximate surface area is 280 Å². The molecule has 4 fully saturated rings. The Balaban J connectivity index is 1.22. The van der Waals surface area contributed by atoms with Crippen LogP contribution in [0.2, 0.25) is 5.02 Å². The summed E-state index contributed by atoms with van der Waals surface area (Å²) in [6.07, 6.45) is 7.09. The summed E-state index contributed by atoms with van der Waals surface area (Å²) >= 11 is 6.93. The van der Waals surface area contributed by atoms with Crippen LogP contribution in [0.5, 0.6) is 6.01 Å². The van der Waals surface area contributed by atoms with E-state index >= 15 is 4.39 Å². The van der Waals surface area contributed by atoms with Crippen LogP contribution < -0.4 is 15.0 Å². The van der Waals surface area contributed by atoms with E-state index in [0.717, 1.165) is 44.2 Å². The molecular weight excluding hydrogens is 642 g/mol. The first kappa shape index (κ1) is 30.2. The third-order valence-electron chi connectivity index (χ3n) is 11.3. The first-order valence-electron chi connectivity index (χ1n) is 16.9. The number of amides is 1. The van der Waals surface area contributed by atoms with E-state index in [4.69, 9.17) is 31.0 Å². The molecule has 5 atom stereocenters. The van der Waals surface area contributed by atoms with Crippen molar-refractivity contribution in [2.45, 2.75) is 75.0 Å². The smallest absolute Gasteiger partial charge is 0.407 e. The first-order valence-corrected chi connectivity index (χ1v) is 17.3. The third kappa shape index (κ3) is 4.95. The van der Waals surface area contributed by atoms with E-state index in [1.54, 1.807) is 12.4 Å². The molecule has 8 heterocycles. The summed E-state index contributed by atoms with van der Waals surface area (Å²) in [7, 11) is 0. The SMILES string of the molecule is C[C@@]12CCCN(C1)c1nc(OC[C@@]34CCCN3C[C@H](F)C4)nc3c(F)c(ncc13)-c1c(c(Cl)cc3[nH]ncc13)[C@@H]1C[C@@H]1CCOC(=O)N2. The highest BCUT2D eigenvalue weighted by Crippen LogP contribution is 2.56. The number of anilines is 1. The summed E-state index contributed by atoms with van der Waals surface area (Å²) in [4.78, 5) is 31.5. The second-order valence-electron chi connectivity index (χ2n) is 14.6. The highest BCUT2D eigenvalue weighted by atomic mass is 35.5. The Morgan fingerprint density at radius 1 is 1.19 bits per heavy atom. The number of nitrogens with zero attached hydrogens (tertiary/aromatic N) is 6. The van der Waals surface area contributed by atoms with Gasteiger partial charge in [-0.2, -0.15) is 15.1 Å². The van der Waals surface area contributed by atoms with Crippen LogP contribution in [0, 0.1) is 11.7 Å². The maximum Gasteiger partial charge on any atom is 0.407 e.